The molecule has 0 atom stereocenters. The first-order valence-electron chi connectivity index (χ1n) is 9.25. The zero-order valence-electron chi connectivity index (χ0n) is 16.9. The van der Waals surface area contributed by atoms with Crippen molar-refractivity contribution in [1.82, 2.24) is 0 Å². The number of hydrogen-bond acceptors (Lipinski definition) is 4. The van der Waals surface area contributed by atoms with E-state index < -0.39 is 17.7 Å². The predicted octanol–water partition coefficient (Wildman–Crippen LogP) is 5.51. The van der Waals surface area contributed by atoms with Crippen LogP contribution in [0.4, 0.5) is 13.2 Å². The Morgan fingerprint density at radius 2 is 1.68 bits per heavy atom. The molecule has 0 radical (unpaired) electrons. The molecule has 31 heavy (non-hydrogen) atoms. The van der Waals surface area contributed by atoms with Crippen LogP contribution in [0.1, 0.15) is 30.0 Å². The third kappa shape index (κ3) is 10.7. The Kier molecular flexibility index (Phi) is 10.6. The number of ether oxygens (including phenoxy) is 2. The van der Waals surface area contributed by atoms with E-state index in [0.717, 1.165) is 30.7 Å². The Morgan fingerprint density at radius 1 is 1.06 bits per heavy atom. The Labute approximate surface area is 178 Å². The minimum absolute atomic E-state index is 0.141. The number of rotatable bonds is 8. The van der Waals surface area contributed by atoms with Gasteiger partial charge in [-0.2, -0.15) is 13.2 Å². The van der Waals surface area contributed by atoms with Crippen molar-refractivity contribution >= 4 is 18.0 Å². The second-order valence-electron chi connectivity index (χ2n) is 6.10. The van der Waals surface area contributed by atoms with Gasteiger partial charge in [-0.05, 0) is 47.9 Å². The topological polar surface area (TPSA) is 72.8 Å². The molecule has 0 fully saturated rings. The van der Waals surface area contributed by atoms with E-state index in [9.17, 15) is 22.8 Å². The van der Waals surface area contributed by atoms with Crippen molar-refractivity contribution < 1.29 is 37.3 Å². The van der Waals surface area contributed by atoms with Gasteiger partial charge < -0.3 is 14.6 Å². The highest BCUT2D eigenvalue weighted by molar-refractivity contribution is 5.85. The maximum Gasteiger partial charge on any atom is 0.416 e. The van der Waals surface area contributed by atoms with Gasteiger partial charge in [-0.15, -0.1) is 0 Å². The van der Waals surface area contributed by atoms with Gasteiger partial charge in [-0.3, -0.25) is 0 Å². The second kappa shape index (κ2) is 12.9. The van der Waals surface area contributed by atoms with Crippen molar-refractivity contribution in [1.29, 1.82) is 0 Å². The normalized spacial score (nSPS) is 10.7. The molecule has 0 aliphatic carbocycles. The summed E-state index contributed by atoms with van der Waals surface area (Å²) in [6, 6.07) is 11.4. The summed E-state index contributed by atoms with van der Waals surface area (Å²) >= 11 is 0. The van der Waals surface area contributed by atoms with Crippen LogP contribution in [0.5, 0.6) is 5.75 Å². The van der Waals surface area contributed by atoms with Crippen molar-refractivity contribution in [3.05, 3.63) is 84.0 Å². The standard InChI is InChI=1S/C17H13F3O3.C6H10O2/c18-17(19,20)14-6-1-13(2-7-14)11-23-15-8-3-12(4-9-15)5-10-16(21)22;1-3-5-8-6(7)4-2/h1-10H,11H2,(H,21,22);4H,2-3,5H2,1H3. The first-order chi connectivity index (χ1) is 14.7. The quantitative estimate of drug-likeness (QED) is 0.437. The van der Waals surface area contributed by atoms with Gasteiger partial charge in [0.1, 0.15) is 12.4 Å². The van der Waals surface area contributed by atoms with Gasteiger partial charge in [-0.25, -0.2) is 9.59 Å². The number of carbonyl (C=O) groups excluding carboxylic acids is 1. The van der Waals surface area contributed by atoms with Crippen molar-refractivity contribution in [2.75, 3.05) is 6.61 Å². The number of esters is 1. The van der Waals surface area contributed by atoms with E-state index in [1.54, 1.807) is 24.3 Å². The Hall–Kier alpha value is -3.55. The summed E-state index contributed by atoms with van der Waals surface area (Å²) in [6.45, 7) is 5.81. The minimum Gasteiger partial charge on any atom is -0.489 e. The van der Waals surface area contributed by atoms with Gasteiger partial charge in [0.25, 0.3) is 0 Å². The fourth-order valence-electron chi connectivity index (χ4n) is 2.06. The highest BCUT2D eigenvalue weighted by atomic mass is 19.4. The maximum absolute atomic E-state index is 12.4. The van der Waals surface area contributed by atoms with Crippen LogP contribution in [-0.2, 0) is 27.1 Å². The number of carboxylic acid groups (broad SMARTS) is 1. The average molecular weight is 436 g/mol. The summed E-state index contributed by atoms with van der Waals surface area (Å²) in [4.78, 5) is 20.6. The molecule has 0 aliphatic rings. The monoisotopic (exact) mass is 436 g/mol. The molecule has 0 bridgehead atoms. The molecule has 0 heterocycles. The van der Waals surface area contributed by atoms with E-state index in [2.05, 4.69) is 11.3 Å². The molecular weight excluding hydrogens is 413 g/mol. The zero-order chi connectivity index (χ0) is 23.3. The lowest BCUT2D eigenvalue weighted by Crippen LogP contribution is -2.05. The Bertz CT molecular complexity index is 870. The molecule has 0 unspecified atom stereocenters. The number of halogens is 3. The second-order valence-corrected chi connectivity index (χ2v) is 6.10. The van der Waals surface area contributed by atoms with Gasteiger partial charge in [0.15, 0.2) is 0 Å². The van der Waals surface area contributed by atoms with E-state index >= 15 is 0 Å². The molecule has 166 valence electrons. The van der Waals surface area contributed by atoms with Gasteiger partial charge in [0.2, 0.25) is 0 Å². The Morgan fingerprint density at radius 3 is 2.16 bits per heavy atom. The third-order valence-electron chi connectivity index (χ3n) is 3.60. The summed E-state index contributed by atoms with van der Waals surface area (Å²) < 4.78 is 47.4. The third-order valence-corrected chi connectivity index (χ3v) is 3.60. The SMILES string of the molecule is C=CC(=O)OCCC.O=C(O)C=Cc1ccc(OCc2ccc(C(F)(F)F)cc2)cc1. The van der Waals surface area contributed by atoms with E-state index in [-0.39, 0.29) is 12.6 Å². The molecular formula is C23H23F3O5. The molecule has 0 saturated heterocycles. The maximum atomic E-state index is 12.4. The van der Waals surface area contributed by atoms with Crippen LogP contribution in [0.25, 0.3) is 6.08 Å². The summed E-state index contributed by atoms with van der Waals surface area (Å²) in [5, 5.41) is 8.53. The lowest BCUT2D eigenvalue weighted by Gasteiger charge is -2.09. The van der Waals surface area contributed by atoms with Crippen LogP contribution in [0.2, 0.25) is 0 Å². The molecule has 5 nitrogen and oxygen atoms in total. The fraction of sp³-hybridized carbons (Fsp3) is 0.217. The molecule has 0 spiro atoms. The fourth-order valence-corrected chi connectivity index (χ4v) is 2.06. The molecule has 0 saturated carbocycles. The first-order valence-corrected chi connectivity index (χ1v) is 9.25. The van der Waals surface area contributed by atoms with E-state index in [0.29, 0.717) is 23.5 Å². The summed E-state index contributed by atoms with van der Waals surface area (Å²) in [6.07, 6.45) is 0.147. The van der Waals surface area contributed by atoms with Crippen LogP contribution in [0.15, 0.2) is 67.3 Å². The average Bonchev–Trinajstić information content (AvgIpc) is 2.75. The van der Waals surface area contributed by atoms with Gasteiger partial charge in [0.05, 0.1) is 12.2 Å². The summed E-state index contributed by atoms with van der Waals surface area (Å²) in [5.41, 5.74) is 0.623. The van der Waals surface area contributed by atoms with Crippen molar-refractivity contribution in [3.63, 3.8) is 0 Å². The lowest BCUT2D eigenvalue weighted by molar-refractivity contribution is -0.138. The molecule has 2 aromatic carbocycles. The molecule has 0 aliphatic heterocycles. The van der Waals surface area contributed by atoms with Crippen LogP contribution in [-0.4, -0.2) is 23.7 Å². The number of carbonyl (C=O) groups is 2. The number of alkyl halides is 3. The molecule has 2 aromatic rings. The molecule has 1 N–H and O–H groups in total. The molecule has 8 heteroatoms. The number of hydrogen-bond donors (Lipinski definition) is 1. The predicted molar refractivity (Wildman–Crippen MR) is 110 cm³/mol. The van der Waals surface area contributed by atoms with E-state index in [1.807, 2.05) is 6.92 Å². The van der Waals surface area contributed by atoms with Gasteiger partial charge >= 0.3 is 18.1 Å². The van der Waals surface area contributed by atoms with E-state index in [4.69, 9.17) is 9.84 Å². The zero-order valence-corrected chi connectivity index (χ0v) is 16.9. The lowest BCUT2D eigenvalue weighted by atomic mass is 10.1. The molecule has 2 rings (SSSR count). The first kappa shape index (κ1) is 25.5. The van der Waals surface area contributed by atoms with Crippen LogP contribution in [0.3, 0.4) is 0 Å². The number of aliphatic carboxylic acids is 1. The molecule has 0 aromatic heterocycles. The highest BCUT2D eigenvalue weighted by Gasteiger charge is 2.29. The van der Waals surface area contributed by atoms with E-state index in [1.165, 1.54) is 18.2 Å². The highest BCUT2D eigenvalue weighted by Crippen LogP contribution is 2.29. The van der Waals surface area contributed by atoms with Crippen molar-refractivity contribution in [2.24, 2.45) is 0 Å². The summed E-state index contributed by atoms with van der Waals surface area (Å²) in [7, 11) is 0. The van der Waals surface area contributed by atoms with Gasteiger partial charge in [0, 0.05) is 12.2 Å². The summed E-state index contributed by atoms with van der Waals surface area (Å²) in [5.74, 6) is -0.836. The smallest absolute Gasteiger partial charge is 0.416 e. The molecule has 0 amide bonds. The largest absolute Gasteiger partial charge is 0.489 e. The van der Waals surface area contributed by atoms with Gasteiger partial charge in [-0.1, -0.05) is 37.8 Å². The number of benzene rings is 2. The van der Waals surface area contributed by atoms with Crippen LogP contribution >= 0.6 is 0 Å². The van der Waals surface area contributed by atoms with Crippen molar-refractivity contribution in [2.45, 2.75) is 26.1 Å². The Balaban J connectivity index is 0.000000512. The minimum atomic E-state index is -4.35. The van der Waals surface area contributed by atoms with Crippen LogP contribution in [0, 0.1) is 0 Å². The number of carboxylic acids is 1. The van der Waals surface area contributed by atoms with Crippen molar-refractivity contribution in [3.8, 4) is 5.75 Å². The van der Waals surface area contributed by atoms with Crippen LogP contribution < -0.4 is 4.74 Å².